The third-order valence-electron chi connectivity index (χ3n) is 2.23. The van der Waals surface area contributed by atoms with Gasteiger partial charge in [0.15, 0.2) is 0 Å². The molecule has 0 aromatic heterocycles. The molecular weight excluding hydrogens is 226 g/mol. The Labute approximate surface area is 101 Å². The van der Waals surface area contributed by atoms with E-state index in [0.717, 1.165) is 30.8 Å². The van der Waals surface area contributed by atoms with Crippen LogP contribution in [0.4, 0.5) is 0 Å². The van der Waals surface area contributed by atoms with Gasteiger partial charge in [-0.1, -0.05) is 17.7 Å². The standard InChI is InChI=1S/C12H18ClNO2/c1-15-6-2-3-7-16-12-5-4-10(9-14)8-11(12)13/h4-5,8H,2-3,6-7,9,14H2,1H3. The first kappa shape index (κ1) is 13.3. The molecule has 1 rings (SSSR count). The maximum atomic E-state index is 6.04. The number of nitrogens with two attached hydrogens (primary N) is 1. The van der Waals surface area contributed by atoms with Gasteiger partial charge in [0.25, 0.3) is 0 Å². The summed E-state index contributed by atoms with van der Waals surface area (Å²) in [5, 5.41) is 0.620. The van der Waals surface area contributed by atoms with Crippen molar-refractivity contribution in [1.29, 1.82) is 0 Å². The molecule has 0 unspecified atom stereocenters. The SMILES string of the molecule is COCCCCOc1ccc(CN)cc1Cl. The average molecular weight is 244 g/mol. The lowest BCUT2D eigenvalue weighted by Crippen LogP contribution is -2.01. The molecule has 90 valence electrons. The molecule has 0 saturated carbocycles. The van der Waals surface area contributed by atoms with Gasteiger partial charge in [-0.05, 0) is 30.5 Å². The molecule has 0 atom stereocenters. The van der Waals surface area contributed by atoms with Gasteiger partial charge < -0.3 is 15.2 Å². The van der Waals surface area contributed by atoms with Gasteiger partial charge in [-0.15, -0.1) is 0 Å². The van der Waals surface area contributed by atoms with Gasteiger partial charge in [-0.2, -0.15) is 0 Å². The fourth-order valence-electron chi connectivity index (χ4n) is 1.32. The van der Waals surface area contributed by atoms with Crippen molar-refractivity contribution in [3.8, 4) is 5.75 Å². The van der Waals surface area contributed by atoms with Crippen LogP contribution in [0, 0.1) is 0 Å². The Balaban J connectivity index is 2.36. The Kier molecular flexibility index (Phi) is 6.23. The van der Waals surface area contributed by atoms with Gasteiger partial charge in [0.2, 0.25) is 0 Å². The van der Waals surface area contributed by atoms with Crippen LogP contribution in [-0.4, -0.2) is 20.3 Å². The summed E-state index contributed by atoms with van der Waals surface area (Å²) in [5.74, 6) is 0.719. The number of methoxy groups -OCH3 is 1. The minimum Gasteiger partial charge on any atom is -0.492 e. The molecule has 1 aromatic rings. The maximum Gasteiger partial charge on any atom is 0.137 e. The highest BCUT2D eigenvalue weighted by Gasteiger charge is 2.02. The molecule has 1 aromatic carbocycles. The highest BCUT2D eigenvalue weighted by Crippen LogP contribution is 2.25. The molecule has 0 aliphatic carbocycles. The fourth-order valence-corrected chi connectivity index (χ4v) is 1.58. The molecule has 0 spiro atoms. The summed E-state index contributed by atoms with van der Waals surface area (Å²) in [6.07, 6.45) is 1.96. The number of benzene rings is 1. The maximum absolute atomic E-state index is 6.04. The zero-order chi connectivity index (χ0) is 11.8. The Morgan fingerprint density at radius 2 is 2.00 bits per heavy atom. The molecule has 0 bridgehead atoms. The zero-order valence-corrected chi connectivity index (χ0v) is 10.3. The fraction of sp³-hybridized carbons (Fsp3) is 0.500. The van der Waals surface area contributed by atoms with Crippen LogP contribution >= 0.6 is 11.6 Å². The third kappa shape index (κ3) is 4.39. The monoisotopic (exact) mass is 243 g/mol. The van der Waals surface area contributed by atoms with Crippen LogP contribution < -0.4 is 10.5 Å². The number of unbranched alkanes of at least 4 members (excludes halogenated alkanes) is 1. The van der Waals surface area contributed by atoms with Crippen molar-refractivity contribution in [1.82, 2.24) is 0 Å². The van der Waals surface area contributed by atoms with E-state index in [4.69, 9.17) is 26.8 Å². The zero-order valence-electron chi connectivity index (χ0n) is 9.54. The highest BCUT2D eigenvalue weighted by molar-refractivity contribution is 6.32. The van der Waals surface area contributed by atoms with E-state index in [0.29, 0.717) is 18.2 Å². The van der Waals surface area contributed by atoms with Gasteiger partial charge in [0.05, 0.1) is 11.6 Å². The molecule has 2 N–H and O–H groups in total. The van der Waals surface area contributed by atoms with Crippen molar-refractivity contribution in [3.05, 3.63) is 28.8 Å². The normalized spacial score (nSPS) is 10.4. The highest BCUT2D eigenvalue weighted by atomic mass is 35.5. The van der Waals surface area contributed by atoms with Crippen LogP contribution in [0.2, 0.25) is 5.02 Å². The number of ether oxygens (including phenoxy) is 2. The van der Waals surface area contributed by atoms with E-state index in [9.17, 15) is 0 Å². The molecule has 0 radical (unpaired) electrons. The second-order valence-corrected chi connectivity index (χ2v) is 3.92. The molecule has 0 aliphatic rings. The van der Waals surface area contributed by atoms with Crippen molar-refractivity contribution in [2.75, 3.05) is 20.3 Å². The van der Waals surface area contributed by atoms with Gasteiger partial charge in [0.1, 0.15) is 5.75 Å². The third-order valence-corrected chi connectivity index (χ3v) is 2.53. The molecular formula is C12H18ClNO2. The van der Waals surface area contributed by atoms with Crippen molar-refractivity contribution in [2.24, 2.45) is 5.73 Å². The van der Waals surface area contributed by atoms with Crippen LogP contribution in [0.25, 0.3) is 0 Å². The first-order valence-electron chi connectivity index (χ1n) is 5.38. The average Bonchev–Trinajstić information content (AvgIpc) is 2.30. The molecule has 0 saturated heterocycles. The smallest absolute Gasteiger partial charge is 0.137 e. The summed E-state index contributed by atoms with van der Waals surface area (Å²) in [5.41, 5.74) is 6.52. The van der Waals surface area contributed by atoms with E-state index in [2.05, 4.69) is 0 Å². The number of hydrogen-bond donors (Lipinski definition) is 1. The lowest BCUT2D eigenvalue weighted by atomic mass is 10.2. The van der Waals surface area contributed by atoms with Crippen LogP contribution in [0.1, 0.15) is 18.4 Å². The number of halogens is 1. The van der Waals surface area contributed by atoms with E-state index < -0.39 is 0 Å². The van der Waals surface area contributed by atoms with Crippen LogP contribution in [0.15, 0.2) is 18.2 Å². The topological polar surface area (TPSA) is 44.5 Å². The second-order valence-electron chi connectivity index (χ2n) is 3.52. The molecule has 0 amide bonds. The molecule has 3 nitrogen and oxygen atoms in total. The summed E-state index contributed by atoms with van der Waals surface area (Å²) < 4.78 is 10.5. The van der Waals surface area contributed by atoms with Crippen molar-refractivity contribution in [3.63, 3.8) is 0 Å². The molecule has 0 fully saturated rings. The van der Waals surface area contributed by atoms with Gasteiger partial charge in [-0.3, -0.25) is 0 Å². The van der Waals surface area contributed by atoms with E-state index in [-0.39, 0.29) is 0 Å². The molecule has 16 heavy (non-hydrogen) atoms. The molecule has 4 heteroatoms. The first-order valence-corrected chi connectivity index (χ1v) is 5.76. The molecule has 0 heterocycles. The van der Waals surface area contributed by atoms with E-state index >= 15 is 0 Å². The number of hydrogen-bond acceptors (Lipinski definition) is 3. The second kappa shape index (κ2) is 7.49. The minimum atomic E-state index is 0.494. The van der Waals surface area contributed by atoms with Gasteiger partial charge in [0, 0.05) is 20.3 Å². The van der Waals surface area contributed by atoms with E-state index in [1.165, 1.54) is 0 Å². The lowest BCUT2D eigenvalue weighted by Gasteiger charge is -2.08. The predicted molar refractivity (Wildman–Crippen MR) is 65.9 cm³/mol. The Bertz CT molecular complexity index is 318. The van der Waals surface area contributed by atoms with E-state index in [1.807, 2.05) is 18.2 Å². The summed E-state index contributed by atoms with van der Waals surface area (Å²) in [7, 11) is 1.70. The Hall–Kier alpha value is -0.770. The lowest BCUT2D eigenvalue weighted by molar-refractivity contribution is 0.184. The van der Waals surface area contributed by atoms with Gasteiger partial charge in [-0.25, -0.2) is 0 Å². The Morgan fingerprint density at radius 1 is 1.25 bits per heavy atom. The molecule has 0 aliphatic heterocycles. The van der Waals surface area contributed by atoms with Gasteiger partial charge >= 0.3 is 0 Å². The summed E-state index contributed by atoms with van der Waals surface area (Å²) in [6, 6.07) is 5.63. The van der Waals surface area contributed by atoms with Crippen LogP contribution in [0.3, 0.4) is 0 Å². The van der Waals surface area contributed by atoms with Crippen LogP contribution in [-0.2, 0) is 11.3 Å². The van der Waals surface area contributed by atoms with E-state index in [1.54, 1.807) is 7.11 Å². The summed E-state index contributed by atoms with van der Waals surface area (Å²) in [4.78, 5) is 0. The van der Waals surface area contributed by atoms with Crippen molar-refractivity contribution < 1.29 is 9.47 Å². The quantitative estimate of drug-likeness (QED) is 0.749. The first-order chi connectivity index (χ1) is 7.77. The van der Waals surface area contributed by atoms with Crippen molar-refractivity contribution >= 4 is 11.6 Å². The summed E-state index contributed by atoms with van der Waals surface area (Å²) >= 11 is 6.04. The van der Waals surface area contributed by atoms with Crippen molar-refractivity contribution in [2.45, 2.75) is 19.4 Å². The Morgan fingerprint density at radius 3 is 2.62 bits per heavy atom. The largest absolute Gasteiger partial charge is 0.492 e. The van der Waals surface area contributed by atoms with Crippen LogP contribution in [0.5, 0.6) is 5.75 Å². The minimum absolute atomic E-state index is 0.494. The summed E-state index contributed by atoms with van der Waals surface area (Å²) in [6.45, 7) is 1.92. The predicted octanol–water partition coefficient (Wildman–Crippen LogP) is 2.60. The number of rotatable bonds is 7.